The highest BCUT2D eigenvalue weighted by Gasteiger charge is 2.26. The van der Waals surface area contributed by atoms with E-state index in [0.29, 0.717) is 0 Å². The molecule has 2 unspecified atom stereocenters. The van der Waals surface area contributed by atoms with Gasteiger partial charge in [0, 0.05) is 18.3 Å². The summed E-state index contributed by atoms with van der Waals surface area (Å²) in [5, 5.41) is 17.3. The zero-order chi connectivity index (χ0) is 19.6. The number of carbonyl (C=O) groups excluding carboxylic acids is 4. The molecule has 0 aliphatic heterocycles. The van der Waals surface area contributed by atoms with Gasteiger partial charge in [0.2, 0.25) is 6.29 Å². The number of esters is 2. The van der Waals surface area contributed by atoms with Gasteiger partial charge in [-0.25, -0.2) is 9.59 Å². The quantitative estimate of drug-likeness (QED) is 0.299. The molecule has 0 aromatic carbocycles. The van der Waals surface area contributed by atoms with Gasteiger partial charge in [0.1, 0.15) is 13.2 Å². The monoisotopic (exact) mass is 358 g/mol. The molecule has 0 aliphatic rings. The van der Waals surface area contributed by atoms with E-state index >= 15 is 0 Å². The number of aliphatic hydroxyl groups is 2. The number of ether oxygens (including phenoxy) is 3. The summed E-state index contributed by atoms with van der Waals surface area (Å²) in [6.07, 6.45) is -0.434. The maximum Gasteiger partial charge on any atom is 0.336 e. The number of rotatable bonds is 10. The van der Waals surface area contributed by atoms with Gasteiger partial charge >= 0.3 is 11.9 Å². The molecule has 0 amide bonds. The molecule has 140 valence electrons. The van der Waals surface area contributed by atoms with Gasteiger partial charge in [-0.15, -0.1) is 0 Å². The summed E-state index contributed by atoms with van der Waals surface area (Å²) < 4.78 is 14.9. The first-order valence-corrected chi connectivity index (χ1v) is 7.25. The van der Waals surface area contributed by atoms with Crippen molar-refractivity contribution in [3.05, 3.63) is 23.3 Å². The highest BCUT2D eigenvalue weighted by atomic mass is 16.7. The van der Waals surface area contributed by atoms with E-state index in [1.807, 2.05) is 0 Å². The zero-order valence-corrected chi connectivity index (χ0v) is 14.5. The van der Waals surface area contributed by atoms with Gasteiger partial charge in [0.25, 0.3) is 0 Å². The Morgan fingerprint density at radius 3 is 1.64 bits per heavy atom. The molecule has 2 atom stereocenters. The van der Waals surface area contributed by atoms with Crippen molar-refractivity contribution in [2.75, 3.05) is 20.3 Å². The summed E-state index contributed by atoms with van der Waals surface area (Å²) in [4.78, 5) is 45.8. The lowest BCUT2D eigenvalue weighted by Crippen LogP contribution is -2.35. The average Bonchev–Trinajstić information content (AvgIpc) is 2.58. The number of carbonyl (C=O) groups is 4. The van der Waals surface area contributed by atoms with Crippen molar-refractivity contribution in [3.8, 4) is 0 Å². The van der Waals surface area contributed by atoms with Gasteiger partial charge in [-0.2, -0.15) is 0 Å². The van der Waals surface area contributed by atoms with Crippen molar-refractivity contribution >= 4 is 23.5 Å². The van der Waals surface area contributed by atoms with Crippen LogP contribution in [0.15, 0.2) is 23.3 Å². The van der Waals surface area contributed by atoms with Crippen LogP contribution in [-0.2, 0) is 33.4 Å². The molecule has 0 heterocycles. The molecule has 9 nitrogen and oxygen atoms in total. The van der Waals surface area contributed by atoms with E-state index in [1.54, 1.807) is 0 Å². The van der Waals surface area contributed by atoms with Crippen molar-refractivity contribution in [1.29, 1.82) is 0 Å². The van der Waals surface area contributed by atoms with Crippen LogP contribution in [0.5, 0.6) is 0 Å². The minimum Gasteiger partial charge on any atom is -0.453 e. The molecule has 0 spiro atoms. The Morgan fingerprint density at radius 1 is 0.880 bits per heavy atom. The molecule has 0 aromatic heterocycles. The number of hydrogen-bond acceptors (Lipinski definition) is 9. The van der Waals surface area contributed by atoms with Crippen molar-refractivity contribution in [1.82, 2.24) is 0 Å². The molecule has 9 heteroatoms. The summed E-state index contributed by atoms with van der Waals surface area (Å²) in [5.74, 6) is -3.07. The van der Waals surface area contributed by atoms with Gasteiger partial charge in [-0.3, -0.25) is 9.59 Å². The predicted octanol–water partition coefficient (Wildman–Crippen LogP) is -0.551. The fraction of sp³-hybridized carbons (Fsp3) is 0.500. The molecule has 0 aromatic rings. The second-order valence-corrected chi connectivity index (χ2v) is 5.02. The van der Waals surface area contributed by atoms with E-state index in [2.05, 4.69) is 0 Å². The Kier molecular flexibility index (Phi) is 10.2. The Morgan fingerprint density at radius 2 is 1.28 bits per heavy atom. The second-order valence-electron chi connectivity index (χ2n) is 5.02. The van der Waals surface area contributed by atoms with E-state index in [9.17, 15) is 19.2 Å². The Balaban J connectivity index is 4.89. The highest BCUT2D eigenvalue weighted by molar-refractivity contribution is 6.00. The van der Waals surface area contributed by atoms with Crippen LogP contribution in [0, 0.1) is 0 Å². The van der Waals surface area contributed by atoms with Crippen molar-refractivity contribution in [3.63, 3.8) is 0 Å². The summed E-state index contributed by atoms with van der Waals surface area (Å²) in [6.45, 7) is 2.55. The van der Waals surface area contributed by atoms with Gasteiger partial charge in [-0.05, 0) is 32.9 Å². The molecule has 0 bridgehead atoms. The van der Waals surface area contributed by atoms with E-state index in [1.165, 1.54) is 27.9 Å². The highest BCUT2D eigenvalue weighted by Crippen LogP contribution is 2.11. The van der Waals surface area contributed by atoms with Crippen LogP contribution in [0.2, 0.25) is 0 Å². The molecule has 0 aliphatic carbocycles. The molecule has 25 heavy (non-hydrogen) atoms. The summed E-state index contributed by atoms with van der Waals surface area (Å²) in [5.41, 5.74) is -0.110. The predicted molar refractivity (Wildman–Crippen MR) is 84.1 cm³/mol. The van der Waals surface area contributed by atoms with Crippen molar-refractivity contribution in [2.45, 2.75) is 33.2 Å². The normalized spacial score (nSPS) is 14.5. The van der Waals surface area contributed by atoms with Crippen LogP contribution in [0.1, 0.15) is 20.8 Å². The lowest BCUT2D eigenvalue weighted by atomic mass is 10.2. The fourth-order valence-corrected chi connectivity index (χ4v) is 1.54. The maximum absolute atomic E-state index is 11.8. The van der Waals surface area contributed by atoms with E-state index in [0.717, 1.165) is 12.2 Å². The van der Waals surface area contributed by atoms with Gasteiger partial charge < -0.3 is 24.4 Å². The minimum absolute atomic E-state index is 0.0447. The molecular weight excluding hydrogens is 336 g/mol. The maximum atomic E-state index is 11.8. The first-order chi connectivity index (χ1) is 11.7. The van der Waals surface area contributed by atoms with E-state index in [-0.39, 0.29) is 11.1 Å². The molecule has 0 saturated carbocycles. The number of hydrogen-bond donors (Lipinski definition) is 2. The molecule has 0 saturated heterocycles. The Labute approximate surface area is 144 Å². The van der Waals surface area contributed by atoms with Crippen LogP contribution in [-0.4, -0.2) is 66.4 Å². The largest absolute Gasteiger partial charge is 0.453 e. The van der Waals surface area contributed by atoms with Crippen LogP contribution in [0.3, 0.4) is 0 Å². The SMILES string of the molecule is COC(OC(=O)C(C)=CC(=O)CO)C(C)OC(=O)C(C)=CC(=O)CO. The third kappa shape index (κ3) is 8.34. The third-order valence-electron chi connectivity index (χ3n) is 2.84. The van der Waals surface area contributed by atoms with Crippen LogP contribution in [0.25, 0.3) is 0 Å². The van der Waals surface area contributed by atoms with Gasteiger partial charge in [0.15, 0.2) is 17.7 Å². The number of aliphatic hydroxyl groups excluding tert-OH is 2. The first kappa shape index (κ1) is 22.6. The fourth-order valence-electron chi connectivity index (χ4n) is 1.54. The molecular formula is C16H22O9. The van der Waals surface area contributed by atoms with Crippen LogP contribution in [0.4, 0.5) is 0 Å². The van der Waals surface area contributed by atoms with Crippen molar-refractivity contribution in [2.24, 2.45) is 0 Å². The summed E-state index contributed by atoms with van der Waals surface area (Å²) in [6, 6.07) is 0. The lowest BCUT2D eigenvalue weighted by Gasteiger charge is -2.22. The third-order valence-corrected chi connectivity index (χ3v) is 2.84. The Hall–Kier alpha value is -2.36. The number of methoxy groups -OCH3 is 1. The van der Waals surface area contributed by atoms with E-state index in [4.69, 9.17) is 24.4 Å². The number of ketones is 2. The summed E-state index contributed by atoms with van der Waals surface area (Å²) >= 11 is 0. The minimum atomic E-state index is -1.26. The molecule has 0 rings (SSSR count). The van der Waals surface area contributed by atoms with Gasteiger partial charge in [0.05, 0.1) is 0 Å². The second kappa shape index (κ2) is 11.2. The van der Waals surface area contributed by atoms with Crippen molar-refractivity contribution < 1.29 is 43.6 Å². The zero-order valence-electron chi connectivity index (χ0n) is 14.5. The molecule has 0 radical (unpaired) electrons. The first-order valence-electron chi connectivity index (χ1n) is 7.25. The molecule has 0 fully saturated rings. The average molecular weight is 358 g/mol. The van der Waals surface area contributed by atoms with Crippen LogP contribution < -0.4 is 0 Å². The standard InChI is InChI=1S/C16H22O9/c1-9(5-12(19)7-17)14(21)24-11(3)16(23-4)25-15(22)10(2)6-13(20)8-18/h5-6,11,16-18H,7-8H2,1-4H3. The smallest absolute Gasteiger partial charge is 0.336 e. The van der Waals surface area contributed by atoms with E-state index < -0.39 is 49.1 Å². The Bertz CT molecular complexity index is 574. The topological polar surface area (TPSA) is 136 Å². The summed E-state index contributed by atoms with van der Waals surface area (Å²) in [7, 11) is 1.22. The van der Waals surface area contributed by atoms with Gasteiger partial charge in [-0.1, -0.05) is 0 Å². The lowest BCUT2D eigenvalue weighted by molar-refractivity contribution is -0.199. The van der Waals surface area contributed by atoms with Crippen LogP contribution >= 0.6 is 0 Å². The molecule has 2 N–H and O–H groups in total.